The van der Waals surface area contributed by atoms with E-state index in [0.29, 0.717) is 12.1 Å². The lowest BCUT2D eigenvalue weighted by Crippen LogP contribution is -2.44. The molecule has 0 aromatic heterocycles. The predicted molar refractivity (Wildman–Crippen MR) is 64.3 cm³/mol. The molecule has 0 aliphatic carbocycles. The molecule has 2 atom stereocenters. The van der Waals surface area contributed by atoms with Crippen molar-refractivity contribution in [2.24, 2.45) is 5.73 Å². The van der Waals surface area contributed by atoms with Crippen LogP contribution in [0.1, 0.15) is 32.5 Å². The molecule has 0 radical (unpaired) electrons. The molecule has 0 fully saturated rings. The standard InChI is InChI=1S/C11H15F3N2OS/c1-11(2,3)18(17)16-10(15)6-4-8(13)9(14)5-7(6)12/h4-5,10,16H,15H2,1-3H3/t10-,18?/m1/s1. The van der Waals surface area contributed by atoms with Crippen LogP contribution >= 0.6 is 0 Å². The zero-order valence-corrected chi connectivity index (χ0v) is 11.1. The van der Waals surface area contributed by atoms with Gasteiger partial charge in [-0.1, -0.05) is 0 Å². The van der Waals surface area contributed by atoms with Crippen LogP contribution in [-0.4, -0.2) is 9.30 Å². The Bertz CT molecular complexity index is 437. The highest BCUT2D eigenvalue weighted by molar-refractivity contribution is 7.90. The van der Waals surface area contributed by atoms with Crippen molar-refractivity contribution in [2.75, 3.05) is 0 Å². The van der Waals surface area contributed by atoms with Gasteiger partial charge in [-0.3, -0.25) is 0 Å². The maximum atomic E-state index is 13.4. The largest absolute Gasteiger partial charge is 0.598 e. The van der Waals surface area contributed by atoms with Crippen LogP contribution in [-0.2, 0) is 11.4 Å². The van der Waals surface area contributed by atoms with Crippen molar-refractivity contribution in [1.29, 1.82) is 0 Å². The average molecular weight is 280 g/mol. The molecule has 0 spiro atoms. The normalized spacial score (nSPS) is 15.6. The number of halogens is 3. The van der Waals surface area contributed by atoms with Gasteiger partial charge in [0.25, 0.3) is 0 Å². The molecule has 0 amide bonds. The Balaban J connectivity index is 2.91. The van der Waals surface area contributed by atoms with Crippen molar-refractivity contribution in [1.82, 2.24) is 4.72 Å². The average Bonchev–Trinajstić information content (AvgIpc) is 2.21. The van der Waals surface area contributed by atoms with E-state index < -0.39 is 39.7 Å². The molecule has 1 unspecified atom stereocenters. The van der Waals surface area contributed by atoms with Crippen LogP contribution in [0.15, 0.2) is 12.1 Å². The molecule has 1 rings (SSSR count). The van der Waals surface area contributed by atoms with Crippen LogP contribution in [0.4, 0.5) is 13.2 Å². The summed E-state index contributed by atoms with van der Waals surface area (Å²) in [5.41, 5.74) is 5.31. The molecule has 0 saturated heterocycles. The summed E-state index contributed by atoms with van der Waals surface area (Å²) in [6.45, 7) is 5.10. The highest BCUT2D eigenvalue weighted by atomic mass is 32.2. The summed E-state index contributed by atoms with van der Waals surface area (Å²) < 4.78 is 52.7. The maximum Gasteiger partial charge on any atom is 0.161 e. The molecule has 3 nitrogen and oxygen atoms in total. The van der Waals surface area contributed by atoms with Gasteiger partial charge < -0.3 is 10.3 Å². The smallest absolute Gasteiger partial charge is 0.161 e. The summed E-state index contributed by atoms with van der Waals surface area (Å²) >= 11 is -1.55. The molecule has 0 heterocycles. The first-order chi connectivity index (χ1) is 8.12. The van der Waals surface area contributed by atoms with E-state index in [1.54, 1.807) is 20.8 Å². The van der Waals surface area contributed by atoms with Gasteiger partial charge >= 0.3 is 0 Å². The first-order valence-corrected chi connectivity index (χ1v) is 6.36. The third-order valence-corrected chi connectivity index (χ3v) is 3.75. The van der Waals surface area contributed by atoms with E-state index in [2.05, 4.69) is 4.72 Å². The van der Waals surface area contributed by atoms with E-state index in [1.165, 1.54) is 0 Å². The third-order valence-electron chi connectivity index (χ3n) is 2.16. The molecule has 18 heavy (non-hydrogen) atoms. The molecular weight excluding hydrogens is 265 g/mol. The van der Waals surface area contributed by atoms with Gasteiger partial charge in [0.1, 0.15) is 16.7 Å². The molecule has 7 heteroatoms. The van der Waals surface area contributed by atoms with E-state index in [4.69, 9.17) is 5.73 Å². The monoisotopic (exact) mass is 280 g/mol. The second-order valence-electron chi connectivity index (χ2n) is 4.76. The van der Waals surface area contributed by atoms with E-state index in [1.807, 2.05) is 0 Å². The summed E-state index contributed by atoms with van der Waals surface area (Å²) in [6, 6.07) is 1.06. The lowest BCUT2D eigenvalue weighted by molar-refractivity contribution is 0.478. The SMILES string of the molecule is CC(C)(C)[S+]([O-])N[C@@H](N)c1cc(F)c(F)cc1F. The van der Waals surface area contributed by atoms with E-state index in [-0.39, 0.29) is 5.56 Å². The summed E-state index contributed by atoms with van der Waals surface area (Å²) in [5, 5.41) is 0. The lowest BCUT2D eigenvalue weighted by Gasteiger charge is -2.26. The topological polar surface area (TPSA) is 61.1 Å². The van der Waals surface area contributed by atoms with Crippen LogP contribution in [0.25, 0.3) is 0 Å². The quantitative estimate of drug-likeness (QED) is 0.506. The zero-order valence-electron chi connectivity index (χ0n) is 10.3. The number of rotatable bonds is 3. The fraction of sp³-hybridized carbons (Fsp3) is 0.455. The van der Waals surface area contributed by atoms with Crippen molar-refractivity contribution >= 4 is 11.4 Å². The summed E-state index contributed by atoms with van der Waals surface area (Å²) in [4.78, 5) is 0. The van der Waals surface area contributed by atoms with Crippen LogP contribution in [0.5, 0.6) is 0 Å². The minimum Gasteiger partial charge on any atom is -0.598 e. The molecule has 1 aromatic carbocycles. The fourth-order valence-corrected chi connectivity index (χ4v) is 1.84. The second kappa shape index (κ2) is 5.48. The zero-order chi connectivity index (χ0) is 14.1. The van der Waals surface area contributed by atoms with Crippen LogP contribution in [0, 0.1) is 17.5 Å². The van der Waals surface area contributed by atoms with E-state index >= 15 is 0 Å². The second-order valence-corrected chi connectivity index (χ2v) is 6.76. The maximum absolute atomic E-state index is 13.4. The Morgan fingerprint density at radius 3 is 2.17 bits per heavy atom. The van der Waals surface area contributed by atoms with Crippen LogP contribution in [0.2, 0.25) is 0 Å². The molecule has 3 N–H and O–H groups in total. The molecule has 0 bridgehead atoms. The van der Waals surface area contributed by atoms with Crippen LogP contribution in [0.3, 0.4) is 0 Å². The number of hydrogen-bond donors (Lipinski definition) is 2. The van der Waals surface area contributed by atoms with Crippen molar-refractivity contribution < 1.29 is 17.7 Å². The Morgan fingerprint density at radius 2 is 1.67 bits per heavy atom. The van der Waals surface area contributed by atoms with Gasteiger partial charge in [0.05, 0.1) is 0 Å². The molecule has 102 valence electrons. The van der Waals surface area contributed by atoms with Gasteiger partial charge in [-0.2, -0.15) is 0 Å². The summed E-state index contributed by atoms with van der Waals surface area (Å²) in [5.74, 6) is -3.48. The molecular formula is C11H15F3N2OS. The third kappa shape index (κ3) is 3.61. The first-order valence-electron chi connectivity index (χ1n) is 5.21. The lowest BCUT2D eigenvalue weighted by atomic mass is 10.1. The summed E-state index contributed by atoms with van der Waals surface area (Å²) in [6.07, 6.45) is -1.18. The number of nitrogens with one attached hydrogen (secondary N) is 1. The van der Waals surface area contributed by atoms with Crippen molar-refractivity contribution in [3.8, 4) is 0 Å². The van der Waals surface area contributed by atoms with Crippen LogP contribution < -0.4 is 10.5 Å². The van der Waals surface area contributed by atoms with Gasteiger partial charge in [-0.15, -0.1) is 4.72 Å². The Kier molecular flexibility index (Phi) is 4.66. The van der Waals surface area contributed by atoms with Crippen molar-refractivity contribution in [2.45, 2.75) is 31.7 Å². The highest BCUT2D eigenvalue weighted by Gasteiger charge is 2.29. The van der Waals surface area contributed by atoms with E-state index in [9.17, 15) is 17.7 Å². The Hall–Kier alpha value is -0.760. The van der Waals surface area contributed by atoms with Gasteiger partial charge in [0, 0.05) is 23.0 Å². The van der Waals surface area contributed by atoms with Gasteiger partial charge in [-0.05, 0) is 26.8 Å². The van der Waals surface area contributed by atoms with E-state index in [0.717, 1.165) is 0 Å². The Labute approximate surface area is 107 Å². The first kappa shape index (κ1) is 15.3. The number of benzene rings is 1. The predicted octanol–water partition coefficient (Wildman–Crippen LogP) is 2.11. The van der Waals surface area contributed by atoms with Crippen molar-refractivity contribution in [3.63, 3.8) is 0 Å². The number of nitrogens with two attached hydrogens (primary N) is 1. The van der Waals surface area contributed by atoms with Gasteiger partial charge in [0.2, 0.25) is 0 Å². The van der Waals surface area contributed by atoms with Gasteiger partial charge in [-0.25, -0.2) is 13.2 Å². The minimum atomic E-state index is -1.55. The molecule has 1 aromatic rings. The van der Waals surface area contributed by atoms with Crippen molar-refractivity contribution in [3.05, 3.63) is 35.1 Å². The molecule has 0 aliphatic rings. The fourth-order valence-electron chi connectivity index (χ4n) is 1.13. The molecule has 0 saturated carbocycles. The highest BCUT2D eigenvalue weighted by Crippen LogP contribution is 2.21. The summed E-state index contributed by atoms with van der Waals surface area (Å²) in [7, 11) is 0. The minimum absolute atomic E-state index is 0.272. The Morgan fingerprint density at radius 1 is 1.17 bits per heavy atom. The molecule has 0 aliphatic heterocycles. The number of hydrogen-bond acceptors (Lipinski definition) is 3. The van der Waals surface area contributed by atoms with Gasteiger partial charge in [0.15, 0.2) is 11.6 Å².